The molecule has 4 atom stereocenters. The van der Waals surface area contributed by atoms with E-state index in [1.165, 1.54) is 0 Å². The van der Waals surface area contributed by atoms with Crippen LogP contribution in [0.4, 0.5) is 4.79 Å². The minimum atomic E-state index is -1.75. The number of hydrogen-bond acceptors (Lipinski definition) is 6. The third-order valence-corrected chi connectivity index (χ3v) is 6.21. The fraction of sp³-hybridized carbons (Fsp3) is 0.640. The molecule has 0 saturated carbocycles. The van der Waals surface area contributed by atoms with Gasteiger partial charge in [-0.25, -0.2) is 4.79 Å². The third-order valence-electron chi connectivity index (χ3n) is 6.21. The molecule has 1 aromatic carbocycles. The van der Waals surface area contributed by atoms with Crippen LogP contribution in [0, 0.1) is 35.5 Å². The topological polar surface area (TPSA) is 123 Å². The van der Waals surface area contributed by atoms with Gasteiger partial charge in [-0.15, -0.1) is 0 Å². The molecule has 1 saturated heterocycles. The van der Waals surface area contributed by atoms with E-state index in [9.17, 15) is 24.9 Å². The molecule has 1 aromatic rings. The average Bonchev–Trinajstić information content (AvgIpc) is 3.21. The SMILES string of the molecule is Cc1ccc(C[C@H](NC(=O)OC[C@H]2CCCN2C(=O)C(C#N)C(C)CC(C)(C)C)B(O)O)cc1. The van der Waals surface area contributed by atoms with E-state index in [4.69, 9.17) is 4.74 Å². The Hall–Kier alpha value is -2.57. The van der Waals surface area contributed by atoms with Crippen molar-refractivity contribution >= 4 is 19.1 Å². The molecule has 2 unspecified atom stereocenters. The van der Waals surface area contributed by atoms with Crippen LogP contribution in [0.5, 0.6) is 0 Å². The lowest BCUT2D eigenvalue weighted by molar-refractivity contribution is -0.137. The molecule has 1 aliphatic rings. The Balaban J connectivity index is 1.93. The molecule has 1 heterocycles. The Morgan fingerprint density at radius 2 is 1.94 bits per heavy atom. The van der Waals surface area contributed by atoms with Crippen LogP contribution in [-0.4, -0.2) is 59.2 Å². The maximum atomic E-state index is 13.1. The summed E-state index contributed by atoms with van der Waals surface area (Å²) in [6.07, 6.45) is 1.66. The van der Waals surface area contributed by atoms with Gasteiger partial charge < -0.3 is 25.0 Å². The molecule has 1 aliphatic heterocycles. The molecule has 8 nitrogen and oxygen atoms in total. The van der Waals surface area contributed by atoms with Crippen molar-refractivity contribution in [1.82, 2.24) is 10.2 Å². The molecule has 186 valence electrons. The van der Waals surface area contributed by atoms with Gasteiger partial charge in [-0.2, -0.15) is 5.26 Å². The van der Waals surface area contributed by atoms with E-state index < -0.39 is 25.1 Å². The first-order chi connectivity index (χ1) is 15.9. The molecule has 3 N–H and O–H groups in total. The number of ether oxygens (including phenoxy) is 1. The predicted molar refractivity (Wildman–Crippen MR) is 130 cm³/mol. The quantitative estimate of drug-likeness (QED) is 0.476. The Labute approximate surface area is 203 Å². The maximum absolute atomic E-state index is 13.1. The van der Waals surface area contributed by atoms with E-state index in [1.54, 1.807) is 4.90 Å². The van der Waals surface area contributed by atoms with Crippen LogP contribution in [0.2, 0.25) is 0 Å². The number of nitriles is 1. The van der Waals surface area contributed by atoms with Crippen LogP contribution in [0.3, 0.4) is 0 Å². The normalized spacial score (nSPS) is 18.5. The van der Waals surface area contributed by atoms with Crippen LogP contribution in [0.15, 0.2) is 24.3 Å². The monoisotopic (exact) mass is 471 g/mol. The van der Waals surface area contributed by atoms with Gasteiger partial charge in [0.15, 0.2) is 0 Å². The summed E-state index contributed by atoms with van der Waals surface area (Å²) < 4.78 is 5.35. The first-order valence-corrected chi connectivity index (χ1v) is 12.0. The van der Waals surface area contributed by atoms with Crippen LogP contribution in [0.25, 0.3) is 0 Å². The van der Waals surface area contributed by atoms with Crippen molar-refractivity contribution in [3.8, 4) is 6.07 Å². The zero-order chi connectivity index (χ0) is 25.5. The highest BCUT2D eigenvalue weighted by atomic mass is 16.5. The Morgan fingerprint density at radius 3 is 2.50 bits per heavy atom. The first-order valence-electron chi connectivity index (χ1n) is 12.0. The van der Waals surface area contributed by atoms with Gasteiger partial charge in [0.25, 0.3) is 0 Å². The predicted octanol–water partition coefficient (Wildman–Crippen LogP) is 2.85. The van der Waals surface area contributed by atoms with Crippen molar-refractivity contribution in [3.05, 3.63) is 35.4 Å². The highest BCUT2D eigenvalue weighted by Crippen LogP contribution is 2.31. The number of carbonyl (C=O) groups excluding carboxylic acids is 2. The van der Waals surface area contributed by atoms with Gasteiger partial charge in [0.1, 0.15) is 12.5 Å². The van der Waals surface area contributed by atoms with Crippen LogP contribution < -0.4 is 5.32 Å². The number of aryl methyl sites for hydroxylation is 1. The number of hydrogen-bond donors (Lipinski definition) is 3. The summed E-state index contributed by atoms with van der Waals surface area (Å²) in [7, 11) is -1.75. The smallest absolute Gasteiger partial charge is 0.447 e. The molecule has 34 heavy (non-hydrogen) atoms. The van der Waals surface area contributed by atoms with Gasteiger partial charge in [-0.05, 0) is 49.5 Å². The maximum Gasteiger partial charge on any atom is 0.475 e. The van der Waals surface area contributed by atoms with Crippen LogP contribution in [-0.2, 0) is 16.0 Å². The molecule has 0 spiro atoms. The minimum Gasteiger partial charge on any atom is -0.447 e. The summed E-state index contributed by atoms with van der Waals surface area (Å²) in [5, 5.41) is 31.6. The zero-order valence-corrected chi connectivity index (χ0v) is 21.0. The molecule has 9 heteroatoms. The number of benzene rings is 1. The van der Waals surface area contributed by atoms with E-state index >= 15 is 0 Å². The molecule has 2 amide bonds. The van der Waals surface area contributed by atoms with Gasteiger partial charge in [-0.1, -0.05) is 57.5 Å². The lowest BCUT2D eigenvalue weighted by Gasteiger charge is -2.31. The summed E-state index contributed by atoms with van der Waals surface area (Å²) in [6, 6.07) is 9.45. The number of carbonyl (C=O) groups is 2. The average molecular weight is 471 g/mol. The molecule has 0 aromatic heterocycles. The molecular formula is C25H38BN3O5. The summed E-state index contributed by atoms with van der Waals surface area (Å²) in [6.45, 7) is 10.7. The largest absolute Gasteiger partial charge is 0.475 e. The van der Waals surface area contributed by atoms with E-state index in [1.807, 2.05) is 38.1 Å². The Morgan fingerprint density at radius 1 is 1.29 bits per heavy atom. The molecule has 2 rings (SSSR count). The second-order valence-corrected chi connectivity index (χ2v) is 10.6. The fourth-order valence-corrected chi connectivity index (χ4v) is 4.56. The number of rotatable bonds is 9. The minimum absolute atomic E-state index is 0.00674. The fourth-order valence-electron chi connectivity index (χ4n) is 4.56. The number of nitrogens with one attached hydrogen (secondary N) is 1. The van der Waals surface area contributed by atoms with Gasteiger partial charge in [-0.3, -0.25) is 4.79 Å². The van der Waals surface area contributed by atoms with Gasteiger partial charge in [0.05, 0.1) is 18.1 Å². The Kier molecular flexibility index (Phi) is 9.96. The van der Waals surface area contributed by atoms with Crippen molar-refractivity contribution in [1.29, 1.82) is 5.26 Å². The lowest BCUT2D eigenvalue weighted by Crippen LogP contribution is -2.49. The molecule has 1 fully saturated rings. The molecular weight excluding hydrogens is 433 g/mol. The van der Waals surface area contributed by atoms with E-state index in [2.05, 4.69) is 32.2 Å². The number of nitrogens with zero attached hydrogens (tertiary/aromatic N) is 2. The first kappa shape index (κ1) is 27.7. The summed E-state index contributed by atoms with van der Waals surface area (Å²) >= 11 is 0. The highest BCUT2D eigenvalue weighted by molar-refractivity contribution is 6.43. The summed E-state index contributed by atoms with van der Waals surface area (Å²) in [4.78, 5) is 27.2. The van der Waals surface area contributed by atoms with Gasteiger partial charge >= 0.3 is 13.2 Å². The second kappa shape index (κ2) is 12.2. The molecule has 0 aliphatic carbocycles. The van der Waals surface area contributed by atoms with Crippen molar-refractivity contribution in [2.24, 2.45) is 17.3 Å². The van der Waals surface area contributed by atoms with E-state index in [-0.39, 0.29) is 36.3 Å². The standard InChI is InChI=1S/C25H38BN3O5/c1-17-8-10-19(11-9-17)13-22(26(32)33)28-24(31)34-16-20-7-6-12-29(20)23(30)21(15-27)18(2)14-25(3,4)5/h8-11,18,20-22,32-33H,6-7,12-14,16H2,1-5H3,(H,28,31)/t18?,20-,21?,22+/m1/s1. The molecule has 0 bridgehead atoms. The number of amides is 2. The number of likely N-dealkylation sites (tertiary alicyclic amines) is 1. The third kappa shape index (κ3) is 8.34. The lowest BCUT2D eigenvalue weighted by atomic mass is 9.76. The number of alkyl carbamates (subject to hydrolysis) is 1. The zero-order valence-electron chi connectivity index (χ0n) is 21.0. The van der Waals surface area contributed by atoms with Crippen LogP contribution >= 0.6 is 0 Å². The highest BCUT2D eigenvalue weighted by Gasteiger charge is 2.37. The van der Waals surface area contributed by atoms with Gasteiger partial charge in [0, 0.05) is 6.54 Å². The van der Waals surface area contributed by atoms with Gasteiger partial charge in [0.2, 0.25) is 5.91 Å². The van der Waals surface area contributed by atoms with E-state index in [0.29, 0.717) is 13.0 Å². The Bertz CT molecular complexity index is 863. The van der Waals surface area contributed by atoms with Crippen molar-refractivity contribution in [3.63, 3.8) is 0 Å². The second-order valence-electron chi connectivity index (χ2n) is 10.6. The van der Waals surface area contributed by atoms with E-state index in [0.717, 1.165) is 24.0 Å². The van der Waals surface area contributed by atoms with Crippen molar-refractivity contribution in [2.75, 3.05) is 13.2 Å². The molecule has 0 radical (unpaired) electrons. The summed E-state index contributed by atoms with van der Waals surface area (Å²) in [5.74, 6) is -1.97. The summed E-state index contributed by atoms with van der Waals surface area (Å²) in [5.41, 5.74) is 1.94. The van der Waals surface area contributed by atoms with Crippen molar-refractivity contribution < 1.29 is 24.4 Å². The van der Waals surface area contributed by atoms with Crippen LogP contribution in [0.1, 0.15) is 58.1 Å². The van der Waals surface area contributed by atoms with Crippen molar-refractivity contribution in [2.45, 2.75) is 72.3 Å².